The Hall–Kier alpha value is -2.15. The minimum Gasteiger partial charge on any atom is -0.779 e. The highest BCUT2D eigenvalue weighted by Crippen LogP contribution is 2.38. The zero-order chi connectivity index (χ0) is 21.2. The monoisotopic (exact) mass is 429 g/mol. The molecule has 14 heteroatoms. The van der Waals surface area contributed by atoms with E-state index < -0.39 is 44.8 Å². The van der Waals surface area contributed by atoms with Crippen LogP contribution in [-0.4, -0.2) is 73.4 Å². The van der Waals surface area contributed by atoms with Crippen LogP contribution < -0.4 is 15.5 Å². The van der Waals surface area contributed by atoms with Crippen molar-refractivity contribution in [2.75, 3.05) is 24.6 Å². The fraction of sp³-hybridized carbons (Fsp3) is 0.600. The summed E-state index contributed by atoms with van der Waals surface area (Å²) in [6.45, 7) is 3.18. The van der Waals surface area contributed by atoms with Gasteiger partial charge in [-0.3, -0.25) is 9.88 Å². The quantitative estimate of drug-likeness (QED) is 0.405. The molecule has 3 rings (SSSR count). The fourth-order valence-electron chi connectivity index (χ4n) is 2.82. The maximum atomic E-state index is 11.8. The molecule has 29 heavy (non-hydrogen) atoms. The third-order valence-corrected chi connectivity index (χ3v) is 5.68. The Morgan fingerprint density at radius 2 is 2.10 bits per heavy atom. The molecule has 2 unspecified atom stereocenters. The zero-order valence-electron chi connectivity index (χ0n) is 15.8. The summed E-state index contributed by atoms with van der Waals surface area (Å²) in [6, 6.07) is -0.468. The van der Waals surface area contributed by atoms with Crippen molar-refractivity contribution < 1.29 is 33.7 Å². The summed E-state index contributed by atoms with van der Waals surface area (Å²) >= 11 is 0. The number of hydrogen-bond donors (Lipinski definition) is 4. The highest BCUT2D eigenvalue weighted by atomic mass is 31.2. The number of anilines is 1. The number of aliphatic hydroxyl groups is 2. The van der Waals surface area contributed by atoms with Gasteiger partial charge in [0.1, 0.15) is 32.2 Å². The second kappa shape index (κ2) is 8.69. The first-order chi connectivity index (χ1) is 13.8. The van der Waals surface area contributed by atoms with Gasteiger partial charge in [0.05, 0.1) is 12.9 Å². The van der Waals surface area contributed by atoms with Crippen LogP contribution in [-0.2, 0) is 13.8 Å². The lowest BCUT2D eigenvalue weighted by Crippen LogP contribution is -2.34. The van der Waals surface area contributed by atoms with E-state index >= 15 is 0 Å². The average molecular weight is 429 g/mol. The smallest absolute Gasteiger partial charge is 0.320 e. The number of aliphatic hydroxyl groups excluding tert-OH is 2. The molecule has 2 amide bonds. The standard InChI is InChI=1S/C15H23N6O7P/c1-3-16-15(24)20-12-9-13(18-6-17-12)21(7-19-9)14-11(23)10(22)8(28-14)5-27-29(25,26)4-2/h6-8,10-11,14,22-23H,3-5H2,1-2H3,(H,25,26)(H2,16,17,18,20,24)/p-1/t8-,10?,11+,14-/m1/s1. The molecule has 4 N–H and O–H groups in total. The molecule has 0 bridgehead atoms. The molecule has 1 fully saturated rings. The third kappa shape index (κ3) is 4.55. The van der Waals surface area contributed by atoms with Crippen molar-refractivity contribution >= 4 is 30.6 Å². The minimum absolute atomic E-state index is 0.155. The first kappa shape index (κ1) is 21.6. The van der Waals surface area contributed by atoms with Crippen LogP contribution >= 0.6 is 7.60 Å². The number of nitrogens with one attached hydrogen (secondary N) is 2. The van der Waals surface area contributed by atoms with Crippen LogP contribution in [0.1, 0.15) is 20.1 Å². The van der Waals surface area contributed by atoms with Gasteiger partial charge in [0.25, 0.3) is 0 Å². The summed E-state index contributed by atoms with van der Waals surface area (Å²) in [5.41, 5.74) is 0.492. The molecule has 1 aliphatic heterocycles. The molecule has 3 heterocycles. The number of fused-ring (bicyclic) bond motifs is 1. The normalized spacial score (nSPS) is 26.4. The molecule has 1 saturated heterocycles. The highest BCUT2D eigenvalue weighted by Gasteiger charge is 2.44. The predicted octanol–water partition coefficient (Wildman–Crippen LogP) is -0.823. The first-order valence-corrected chi connectivity index (χ1v) is 10.7. The van der Waals surface area contributed by atoms with Crippen molar-refractivity contribution in [3.05, 3.63) is 12.7 Å². The van der Waals surface area contributed by atoms with Crippen molar-refractivity contribution in [2.24, 2.45) is 0 Å². The van der Waals surface area contributed by atoms with Crippen molar-refractivity contribution in [3.8, 4) is 0 Å². The molecule has 2 aromatic rings. The van der Waals surface area contributed by atoms with Crippen LogP contribution in [0.4, 0.5) is 10.6 Å². The van der Waals surface area contributed by atoms with Crippen molar-refractivity contribution in [1.29, 1.82) is 0 Å². The van der Waals surface area contributed by atoms with E-state index in [0.29, 0.717) is 6.54 Å². The molecule has 0 spiro atoms. The predicted molar refractivity (Wildman–Crippen MR) is 98.0 cm³/mol. The maximum absolute atomic E-state index is 11.8. The third-order valence-electron chi connectivity index (χ3n) is 4.36. The van der Waals surface area contributed by atoms with E-state index in [1.165, 1.54) is 24.1 Å². The summed E-state index contributed by atoms with van der Waals surface area (Å²) in [5, 5.41) is 25.7. The van der Waals surface area contributed by atoms with Gasteiger partial charge in [-0.25, -0.2) is 19.7 Å². The van der Waals surface area contributed by atoms with E-state index in [9.17, 15) is 24.5 Å². The number of carbonyl (C=O) groups excluding carboxylic acids is 1. The lowest BCUT2D eigenvalue weighted by Gasteiger charge is -2.24. The molecular formula is C15H22N6O7P-. The summed E-state index contributed by atoms with van der Waals surface area (Å²) in [5.74, 6) is 0.155. The Labute approximate surface area is 165 Å². The Kier molecular flexibility index (Phi) is 6.46. The van der Waals surface area contributed by atoms with E-state index in [1.54, 1.807) is 6.92 Å². The molecule has 0 aliphatic carbocycles. The zero-order valence-corrected chi connectivity index (χ0v) is 16.7. The molecular weight excluding hydrogens is 407 g/mol. The Bertz CT molecular complexity index is 924. The number of carbonyl (C=O) groups is 1. The van der Waals surface area contributed by atoms with Gasteiger partial charge in [0.2, 0.25) is 0 Å². The number of amides is 2. The van der Waals surface area contributed by atoms with Crippen LogP contribution in [0, 0.1) is 0 Å². The molecule has 0 saturated carbocycles. The second-order valence-corrected chi connectivity index (χ2v) is 8.41. The molecule has 13 nitrogen and oxygen atoms in total. The van der Waals surface area contributed by atoms with Gasteiger partial charge in [-0.05, 0) is 6.92 Å². The molecule has 1 aliphatic rings. The SMILES string of the molecule is CCNC(=O)Nc1ncnc2c1ncn2[C@@H]1O[C@H](COP(=O)([O-])CC)C(O)[C@@H]1O. The number of imidazole rings is 1. The number of urea groups is 1. The van der Waals surface area contributed by atoms with E-state index in [2.05, 4.69) is 25.6 Å². The largest absolute Gasteiger partial charge is 0.779 e. The van der Waals surface area contributed by atoms with Gasteiger partial charge in [-0.15, -0.1) is 0 Å². The van der Waals surface area contributed by atoms with Crippen LogP contribution in [0.2, 0.25) is 0 Å². The molecule has 2 aromatic heterocycles. The maximum Gasteiger partial charge on any atom is 0.320 e. The number of nitrogens with zero attached hydrogens (tertiary/aromatic N) is 4. The van der Waals surface area contributed by atoms with Crippen molar-refractivity contribution in [3.63, 3.8) is 0 Å². The van der Waals surface area contributed by atoms with Crippen LogP contribution in [0.3, 0.4) is 0 Å². The van der Waals surface area contributed by atoms with Crippen LogP contribution in [0.25, 0.3) is 11.2 Å². The summed E-state index contributed by atoms with van der Waals surface area (Å²) in [6.07, 6.45) is -2.62. The van der Waals surface area contributed by atoms with Crippen LogP contribution in [0.15, 0.2) is 12.7 Å². The lowest BCUT2D eigenvalue weighted by molar-refractivity contribution is -0.201. The average Bonchev–Trinajstić information content (AvgIpc) is 3.23. The topological polar surface area (TPSA) is 184 Å². The van der Waals surface area contributed by atoms with Gasteiger partial charge in [-0.1, -0.05) is 6.92 Å². The summed E-state index contributed by atoms with van der Waals surface area (Å²) in [7, 11) is -4.03. The first-order valence-electron chi connectivity index (χ1n) is 8.96. The summed E-state index contributed by atoms with van der Waals surface area (Å²) < 4.78 is 23.3. The summed E-state index contributed by atoms with van der Waals surface area (Å²) in [4.78, 5) is 35.5. The number of hydrogen-bond acceptors (Lipinski definition) is 10. The number of aromatic nitrogens is 4. The molecule has 0 radical (unpaired) electrons. The Balaban J connectivity index is 1.81. The van der Waals surface area contributed by atoms with E-state index in [1.807, 2.05) is 0 Å². The van der Waals surface area contributed by atoms with E-state index in [4.69, 9.17) is 9.26 Å². The fourth-order valence-corrected chi connectivity index (χ4v) is 3.37. The van der Waals surface area contributed by atoms with Gasteiger partial charge >= 0.3 is 6.03 Å². The lowest BCUT2D eigenvalue weighted by atomic mass is 10.1. The van der Waals surface area contributed by atoms with Gasteiger partial charge < -0.3 is 34.2 Å². The second-order valence-electron chi connectivity index (χ2n) is 6.30. The van der Waals surface area contributed by atoms with Crippen LogP contribution in [0.5, 0.6) is 0 Å². The number of ether oxygens (including phenoxy) is 1. The van der Waals surface area contributed by atoms with E-state index in [-0.39, 0.29) is 23.1 Å². The van der Waals surface area contributed by atoms with Crippen molar-refractivity contribution in [1.82, 2.24) is 24.8 Å². The number of rotatable bonds is 7. The minimum atomic E-state index is -4.03. The molecule has 0 aromatic carbocycles. The van der Waals surface area contributed by atoms with Gasteiger partial charge in [0, 0.05) is 12.7 Å². The highest BCUT2D eigenvalue weighted by molar-refractivity contribution is 7.51. The Morgan fingerprint density at radius 1 is 1.34 bits per heavy atom. The van der Waals surface area contributed by atoms with Gasteiger partial charge in [0.15, 0.2) is 23.2 Å². The van der Waals surface area contributed by atoms with Gasteiger partial charge in [-0.2, -0.15) is 0 Å². The Morgan fingerprint density at radius 3 is 2.79 bits per heavy atom. The van der Waals surface area contributed by atoms with E-state index in [0.717, 1.165) is 0 Å². The molecule has 5 atom stereocenters. The molecule has 160 valence electrons. The van der Waals surface area contributed by atoms with Crippen molar-refractivity contribution in [2.45, 2.75) is 38.4 Å².